The largest absolute Gasteiger partial charge is 0.0641 e. The van der Waals surface area contributed by atoms with E-state index in [0.717, 1.165) is 0 Å². The van der Waals surface area contributed by atoms with Gasteiger partial charge >= 0.3 is 0 Å². The number of hydrogen-bond donors (Lipinski definition) is 0. The number of benzene rings is 3. The van der Waals surface area contributed by atoms with E-state index in [4.69, 9.17) is 0 Å². The van der Waals surface area contributed by atoms with Crippen molar-refractivity contribution in [2.24, 2.45) is 0 Å². The summed E-state index contributed by atoms with van der Waals surface area (Å²) in [4.78, 5) is 0. The van der Waals surface area contributed by atoms with Crippen molar-refractivity contribution in [2.45, 2.75) is 5.92 Å². The van der Waals surface area contributed by atoms with Crippen LogP contribution in [0.2, 0.25) is 0 Å². The lowest BCUT2D eigenvalue weighted by atomic mass is 9.89. The SMILES string of the molecule is C1=Cc2cccc3c2C(C=C3c2ccccc2)c2ccccc21. The van der Waals surface area contributed by atoms with Crippen LogP contribution in [-0.4, -0.2) is 0 Å². The fraction of sp³-hybridized carbons (Fsp3) is 0.0435. The fourth-order valence-corrected chi connectivity index (χ4v) is 3.89. The smallest absolute Gasteiger partial charge is 0.0296 e. The van der Waals surface area contributed by atoms with Gasteiger partial charge in [0.05, 0.1) is 0 Å². The molecule has 2 aliphatic rings. The van der Waals surface area contributed by atoms with E-state index in [1.165, 1.54) is 39.0 Å². The highest BCUT2D eigenvalue weighted by Crippen LogP contribution is 2.47. The van der Waals surface area contributed by atoms with Gasteiger partial charge in [0, 0.05) is 5.92 Å². The average Bonchev–Trinajstić information content (AvgIpc) is 2.93. The van der Waals surface area contributed by atoms with Gasteiger partial charge in [-0.2, -0.15) is 0 Å². The molecule has 0 amide bonds. The van der Waals surface area contributed by atoms with Gasteiger partial charge in [-0.15, -0.1) is 0 Å². The molecule has 0 heteroatoms. The zero-order valence-corrected chi connectivity index (χ0v) is 12.7. The van der Waals surface area contributed by atoms with Crippen LogP contribution < -0.4 is 0 Å². The van der Waals surface area contributed by atoms with Crippen LogP contribution in [0, 0.1) is 0 Å². The molecule has 0 nitrogen and oxygen atoms in total. The quantitative estimate of drug-likeness (QED) is 0.536. The molecular weight excluding hydrogens is 276 g/mol. The van der Waals surface area contributed by atoms with Crippen LogP contribution in [0.5, 0.6) is 0 Å². The average molecular weight is 292 g/mol. The number of rotatable bonds is 1. The van der Waals surface area contributed by atoms with Crippen molar-refractivity contribution in [1.29, 1.82) is 0 Å². The lowest BCUT2D eigenvalue weighted by molar-refractivity contribution is 1.04. The van der Waals surface area contributed by atoms with E-state index in [1.54, 1.807) is 0 Å². The molecule has 0 fully saturated rings. The van der Waals surface area contributed by atoms with Gasteiger partial charge in [0.25, 0.3) is 0 Å². The van der Waals surface area contributed by atoms with Gasteiger partial charge in [-0.25, -0.2) is 0 Å². The first-order valence-electron chi connectivity index (χ1n) is 8.09. The molecule has 108 valence electrons. The Morgan fingerprint density at radius 3 is 2.26 bits per heavy atom. The summed E-state index contributed by atoms with van der Waals surface area (Å²) in [6.07, 6.45) is 6.95. The molecule has 0 N–H and O–H groups in total. The Labute approximate surface area is 136 Å². The first-order valence-corrected chi connectivity index (χ1v) is 8.09. The van der Waals surface area contributed by atoms with Crippen LogP contribution in [0.25, 0.3) is 17.7 Å². The van der Waals surface area contributed by atoms with Crippen LogP contribution in [0.3, 0.4) is 0 Å². The Balaban J connectivity index is 1.81. The van der Waals surface area contributed by atoms with Crippen molar-refractivity contribution in [3.05, 3.63) is 112 Å². The summed E-state index contributed by atoms with van der Waals surface area (Å²) in [6, 6.07) is 26.1. The third-order valence-electron chi connectivity index (χ3n) is 4.93. The molecule has 0 heterocycles. The predicted molar refractivity (Wildman–Crippen MR) is 97.2 cm³/mol. The molecule has 0 saturated carbocycles. The molecule has 0 aliphatic heterocycles. The van der Waals surface area contributed by atoms with E-state index < -0.39 is 0 Å². The van der Waals surface area contributed by atoms with Crippen LogP contribution in [0.15, 0.2) is 78.9 Å². The Morgan fingerprint density at radius 2 is 1.35 bits per heavy atom. The van der Waals surface area contributed by atoms with Crippen LogP contribution in [0.1, 0.15) is 39.3 Å². The molecule has 0 spiro atoms. The molecule has 1 unspecified atom stereocenters. The van der Waals surface area contributed by atoms with E-state index in [2.05, 4.69) is 91.0 Å². The van der Waals surface area contributed by atoms with Gasteiger partial charge < -0.3 is 0 Å². The minimum atomic E-state index is 0.350. The van der Waals surface area contributed by atoms with Gasteiger partial charge in [-0.1, -0.05) is 91.0 Å². The summed E-state index contributed by atoms with van der Waals surface area (Å²) in [5.41, 5.74) is 9.55. The Morgan fingerprint density at radius 1 is 0.609 bits per heavy atom. The molecule has 3 aromatic rings. The Hall–Kier alpha value is -2.86. The van der Waals surface area contributed by atoms with Crippen molar-refractivity contribution in [1.82, 2.24) is 0 Å². The molecular formula is C23H16. The first kappa shape index (κ1) is 12.7. The first-order chi connectivity index (χ1) is 11.4. The van der Waals surface area contributed by atoms with Crippen LogP contribution in [-0.2, 0) is 0 Å². The van der Waals surface area contributed by atoms with Gasteiger partial charge in [0.15, 0.2) is 0 Å². The van der Waals surface area contributed by atoms with Crippen LogP contribution in [0.4, 0.5) is 0 Å². The topological polar surface area (TPSA) is 0 Å². The molecule has 0 saturated heterocycles. The Kier molecular flexibility index (Phi) is 2.65. The van der Waals surface area contributed by atoms with Gasteiger partial charge in [-0.05, 0) is 39.0 Å². The van der Waals surface area contributed by atoms with Crippen molar-refractivity contribution >= 4 is 17.7 Å². The molecule has 0 bridgehead atoms. The van der Waals surface area contributed by atoms with E-state index in [0.29, 0.717) is 5.92 Å². The van der Waals surface area contributed by atoms with Crippen molar-refractivity contribution in [2.75, 3.05) is 0 Å². The van der Waals surface area contributed by atoms with Crippen molar-refractivity contribution in [3.63, 3.8) is 0 Å². The van der Waals surface area contributed by atoms with E-state index in [9.17, 15) is 0 Å². The maximum absolute atomic E-state index is 2.44. The maximum Gasteiger partial charge on any atom is 0.0296 e. The highest BCUT2D eigenvalue weighted by molar-refractivity contribution is 5.91. The molecule has 5 rings (SSSR count). The zero-order valence-electron chi connectivity index (χ0n) is 12.7. The molecule has 1 atom stereocenters. The zero-order chi connectivity index (χ0) is 15.2. The van der Waals surface area contributed by atoms with Gasteiger partial charge in [0.2, 0.25) is 0 Å². The van der Waals surface area contributed by atoms with E-state index in [-0.39, 0.29) is 0 Å². The van der Waals surface area contributed by atoms with Gasteiger partial charge in [-0.3, -0.25) is 0 Å². The lowest BCUT2D eigenvalue weighted by Gasteiger charge is -2.14. The second-order valence-corrected chi connectivity index (χ2v) is 6.19. The summed E-state index contributed by atoms with van der Waals surface area (Å²) in [6.45, 7) is 0. The minimum absolute atomic E-state index is 0.350. The molecule has 0 radical (unpaired) electrons. The molecule has 3 aromatic carbocycles. The number of allylic oxidation sites excluding steroid dienone is 1. The van der Waals surface area contributed by atoms with E-state index in [1.807, 2.05) is 0 Å². The third kappa shape index (κ3) is 1.85. The molecule has 0 aromatic heterocycles. The highest BCUT2D eigenvalue weighted by atomic mass is 14.3. The third-order valence-corrected chi connectivity index (χ3v) is 4.93. The standard InChI is InChI=1S/C23H16/c1-2-7-16(8-3-1)21-15-22-19-11-5-4-9-17(19)13-14-18-10-6-12-20(21)23(18)22/h1-15,22H. The Bertz CT molecular complexity index is 958. The maximum atomic E-state index is 2.44. The molecule has 2 aliphatic carbocycles. The summed E-state index contributed by atoms with van der Waals surface area (Å²) in [5.74, 6) is 0.350. The summed E-state index contributed by atoms with van der Waals surface area (Å²) in [5, 5.41) is 0. The molecule has 23 heavy (non-hydrogen) atoms. The highest BCUT2D eigenvalue weighted by Gasteiger charge is 2.29. The fourth-order valence-electron chi connectivity index (χ4n) is 3.89. The predicted octanol–water partition coefficient (Wildman–Crippen LogP) is 5.75. The van der Waals surface area contributed by atoms with Crippen molar-refractivity contribution in [3.8, 4) is 0 Å². The summed E-state index contributed by atoms with van der Waals surface area (Å²) < 4.78 is 0. The number of fused-ring (bicyclic) bond motifs is 2. The number of hydrogen-bond acceptors (Lipinski definition) is 0. The summed E-state index contributed by atoms with van der Waals surface area (Å²) in [7, 11) is 0. The van der Waals surface area contributed by atoms with E-state index >= 15 is 0 Å². The second kappa shape index (κ2) is 4.82. The van der Waals surface area contributed by atoms with Gasteiger partial charge in [0.1, 0.15) is 0 Å². The monoisotopic (exact) mass is 292 g/mol. The summed E-state index contributed by atoms with van der Waals surface area (Å²) >= 11 is 0. The van der Waals surface area contributed by atoms with Crippen LogP contribution >= 0.6 is 0 Å². The minimum Gasteiger partial charge on any atom is -0.0641 e. The lowest BCUT2D eigenvalue weighted by Crippen LogP contribution is -1.98. The normalized spacial score (nSPS) is 17.2. The second-order valence-electron chi connectivity index (χ2n) is 6.19. The van der Waals surface area contributed by atoms with Crippen molar-refractivity contribution < 1.29 is 0 Å².